The fourth-order valence-corrected chi connectivity index (χ4v) is 5.65. The molecule has 1 saturated carbocycles. The van der Waals surface area contributed by atoms with Gasteiger partial charge in [-0.2, -0.15) is 5.01 Å². The molecule has 0 aromatic heterocycles. The smallest absolute Gasteiger partial charge is 0.274 e. The summed E-state index contributed by atoms with van der Waals surface area (Å²) in [6.07, 6.45) is 4.55. The number of amides is 3. The Kier molecular flexibility index (Phi) is 5.69. The SMILES string of the molecule is O=C(CN(C(=O)c1ccc(Cl)cc1Cl)N1C(=O)[C@@H]2[C@H](C1=O)[C@H]1C=C[C@H]2C1)c1ccc([N+](=O)[O-])cc1. The minimum Gasteiger partial charge on any atom is -0.292 e. The Morgan fingerprint density at radius 1 is 1.00 bits per heavy atom. The molecule has 2 aromatic rings. The van der Waals surface area contributed by atoms with Crippen LogP contribution in [0.2, 0.25) is 10.0 Å². The van der Waals surface area contributed by atoms with Crippen molar-refractivity contribution in [1.82, 2.24) is 10.0 Å². The van der Waals surface area contributed by atoms with Crippen LogP contribution in [0.1, 0.15) is 27.1 Å². The number of nitrogens with zero attached hydrogens (tertiary/aromatic N) is 3. The molecular formula is C24H17Cl2N3O6. The van der Waals surface area contributed by atoms with Gasteiger partial charge in [0.1, 0.15) is 6.54 Å². The van der Waals surface area contributed by atoms with Crippen LogP contribution in [0.3, 0.4) is 0 Å². The van der Waals surface area contributed by atoms with Gasteiger partial charge in [-0.1, -0.05) is 35.4 Å². The molecule has 0 radical (unpaired) electrons. The highest BCUT2D eigenvalue weighted by Crippen LogP contribution is 2.52. The van der Waals surface area contributed by atoms with Crippen molar-refractivity contribution in [3.05, 3.63) is 85.9 Å². The van der Waals surface area contributed by atoms with E-state index < -0.39 is 46.8 Å². The minimum atomic E-state index is -0.816. The molecule has 0 N–H and O–H groups in total. The quantitative estimate of drug-likeness (QED) is 0.189. The van der Waals surface area contributed by atoms with Crippen LogP contribution in [0, 0.1) is 33.8 Å². The highest BCUT2D eigenvalue weighted by molar-refractivity contribution is 6.36. The lowest BCUT2D eigenvalue weighted by Gasteiger charge is -2.31. The molecule has 4 atom stereocenters. The molecule has 11 heteroatoms. The Hall–Kier alpha value is -3.56. The number of non-ortho nitro benzene ring substituents is 1. The first kappa shape index (κ1) is 23.2. The Balaban J connectivity index is 1.50. The first-order chi connectivity index (χ1) is 16.7. The van der Waals surface area contributed by atoms with E-state index in [0.717, 1.165) is 22.2 Å². The molecule has 3 amide bonds. The normalized spacial score (nSPS) is 24.1. The van der Waals surface area contributed by atoms with E-state index in [0.29, 0.717) is 6.42 Å². The summed E-state index contributed by atoms with van der Waals surface area (Å²) in [4.78, 5) is 63.7. The molecule has 1 aliphatic heterocycles. The van der Waals surface area contributed by atoms with Crippen LogP contribution in [0.25, 0.3) is 0 Å². The van der Waals surface area contributed by atoms with E-state index in [2.05, 4.69) is 0 Å². The number of nitro groups is 1. The Morgan fingerprint density at radius 3 is 2.14 bits per heavy atom. The van der Waals surface area contributed by atoms with E-state index in [9.17, 15) is 29.3 Å². The monoisotopic (exact) mass is 513 g/mol. The van der Waals surface area contributed by atoms with Gasteiger partial charge in [0.15, 0.2) is 5.78 Å². The molecule has 2 fully saturated rings. The molecule has 2 bridgehead atoms. The highest BCUT2D eigenvalue weighted by atomic mass is 35.5. The van der Waals surface area contributed by atoms with Gasteiger partial charge in [-0.15, -0.1) is 0 Å². The second kappa shape index (κ2) is 8.58. The standard InChI is InChI=1S/C24H17Cl2N3O6/c25-15-5-8-17(18(26)10-15)22(31)27(11-19(30)12-3-6-16(7-4-12)29(34)35)28-23(32)20-13-1-2-14(9-13)21(20)24(28)33/h1-8,10,13-14,20-21H,9,11H2/t13-,14-,20-,21+/m0/s1. The van der Waals surface area contributed by atoms with E-state index in [1.54, 1.807) is 0 Å². The average molecular weight is 514 g/mol. The number of rotatable bonds is 6. The third-order valence-corrected chi connectivity index (χ3v) is 7.33. The maximum atomic E-state index is 13.6. The van der Waals surface area contributed by atoms with Crippen molar-refractivity contribution in [3.63, 3.8) is 0 Å². The third kappa shape index (κ3) is 3.81. The lowest BCUT2D eigenvalue weighted by atomic mass is 9.85. The van der Waals surface area contributed by atoms with E-state index in [-0.39, 0.29) is 38.7 Å². The van der Waals surface area contributed by atoms with Crippen molar-refractivity contribution < 1.29 is 24.1 Å². The van der Waals surface area contributed by atoms with Crippen molar-refractivity contribution in [1.29, 1.82) is 0 Å². The van der Waals surface area contributed by atoms with Crippen LogP contribution in [0.15, 0.2) is 54.6 Å². The van der Waals surface area contributed by atoms with Crippen molar-refractivity contribution in [3.8, 4) is 0 Å². The first-order valence-electron chi connectivity index (χ1n) is 10.8. The fourth-order valence-electron chi connectivity index (χ4n) is 5.16. The summed E-state index contributed by atoms with van der Waals surface area (Å²) in [5, 5.41) is 12.8. The zero-order valence-electron chi connectivity index (χ0n) is 18.0. The Labute approximate surface area is 209 Å². The van der Waals surface area contributed by atoms with Gasteiger partial charge in [0.2, 0.25) is 0 Å². The van der Waals surface area contributed by atoms with E-state index >= 15 is 0 Å². The summed E-state index contributed by atoms with van der Waals surface area (Å²) in [5.74, 6) is -3.84. The molecule has 2 aliphatic carbocycles. The number of ketones is 1. The largest absolute Gasteiger partial charge is 0.292 e. The van der Waals surface area contributed by atoms with Gasteiger partial charge in [-0.3, -0.25) is 29.3 Å². The number of hydrazine groups is 1. The van der Waals surface area contributed by atoms with Gasteiger partial charge in [0, 0.05) is 22.7 Å². The second-order valence-corrected chi connectivity index (χ2v) is 9.55. The number of imide groups is 1. The van der Waals surface area contributed by atoms with Gasteiger partial charge in [-0.25, -0.2) is 5.01 Å². The number of allylic oxidation sites excluding steroid dienone is 2. The number of halogens is 2. The molecule has 1 saturated heterocycles. The van der Waals surface area contributed by atoms with Gasteiger partial charge in [0.05, 0.1) is 27.3 Å². The minimum absolute atomic E-state index is 0.00342. The highest BCUT2D eigenvalue weighted by Gasteiger charge is 2.61. The maximum absolute atomic E-state index is 13.6. The molecule has 1 heterocycles. The summed E-state index contributed by atoms with van der Waals surface area (Å²) in [7, 11) is 0. The van der Waals surface area contributed by atoms with Crippen LogP contribution in [-0.4, -0.2) is 45.0 Å². The van der Waals surface area contributed by atoms with Crippen LogP contribution in [0.4, 0.5) is 5.69 Å². The molecule has 35 heavy (non-hydrogen) atoms. The van der Waals surface area contributed by atoms with Crippen molar-refractivity contribution in [2.75, 3.05) is 6.54 Å². The zero-order valence-corrected chi connectivity index (χ0v) is 19.5. The van der Waals surface area contributed by atoms with Gasteiger partial charge in [0.25, 0.3) is 23.4 Å². The number of hydrogen-bond acceptors (Lipinski definition) is 6. The van der Waals surface area contributed by atoms with Crippen LogP contribution in [0.5, 0.6) is 0 Å². The Morgan fingerprint density at radius 2 is 1.60 bits per heavy atom. The summed E-state index contributed by atoms with van der Waals surface area (Å²) < 4.78 is 0. The van der Waals surface area contributed by atoms with Gasteiger partial charge in [-0.05, 0) is 48.6 Å². The molecule has 5 rings (SSSR count). The van der Waals surface area contributed by atoms with Crippen molar-refractivity contribution in [2.45, 2.75) is 6.42 Å². The summed E-state index contributed by atoms with van der Waals surface area (Å²) in [6.45, 7) is -0.644. The molecular weight excluding hydrogens is 497 g/mol. The van der Waals surface area contributed by atoms with E-state index in [4.69, 9.17) is 23.2 Å². The molecule has 2 aromatic carbocycles. The number of hydrogen-bond donors (Lipinski definition) is 0. The zero-order chi connectivity index (χ0) is 25.0. The van der Waals surface area contributed by atoms with Crippen LogP contribution >= 0.6 is 23.2 Å². The molecule has 3 aliphatic rings. The number of fused-ring (bicyclic) bond motifs is 5. The van der Waals surface area contributed by atoms with Crippen LogP contribution in [-0.2, 0) is 9.59 Å². The number of nitro benzene ring substituents is 1. The Bertz CT molecular complexity index is 1300. The number of benzene rings is 2. The summed E-state index contributed by atoms with van der Waals surface area (Å²) in [6, 6.07) is 8.97. The fraction of sp³-hybridized carbons (Fsp3) is 0.250. The van der Waals surface area contributed by atoms with Gasteiger partial charge < -0.3 is 0 Å². The van der Waals surface area contributed by atoms with Crippen molar-refractivity contribution >= 4 is 52.4 Å². The second-order valence-electron chi connectivity index (χ2n) is 8.70. The number of Topliss-reactive ketones (excluding diaryl/α,β-unsaturated/α-hetero) is 1. The van der Waals surface area contributed by atoms with Crippen LogP contribution < -0.4 is 0 Å². The number of carbonyl (C=O) groups is 4. The third-order valence-electron chi connectivity index (χ3n) is 6.78. The topological polar surface area (TPSA) is 118 Å². The lowest BCUT2D eigenvalue weighted by molar-refractivity contribution is -0.384. The van der Waals surface area contributed by atoms with E-state index in [1.165, 1.54) is 30.3 Å². The molecule has 0 unspecified atom stereocenters. The predicted octanol–water partition coefficient (Wildman–Crippen LogP) is 3.95. The molecule has 0 spiro atoms. The lowest BCUT2D eigenvalue weighted by Crippen LogP contribution is -2.52. The molecule has 178 valence electrons. The average Bonchev–Trinajstić information content (AvgIpc) is 3.51. The maximum Gasteiger partial charge on any atom is 0.274 e. The number of carbonyl (C=O) groups excluding carboxylic acids is 4. The predicted molar refractivity (Wildman–Crippen MR) is 124 cm³/mol. The summed E-state index contributed by atoms with van der Waals surface area (Å²) >= 11 is 12.2. The summed E-state index contributed by atoms with van der Waals surface area (Å²) in [5.41, 5.74) is -0.161. The van der Waals surface area contributed by atoms with Crippen molar-refractivity contribution in [2.24, 2.45) is 23.7 Å². The first-order valence-corrected chi connectivity index (χ1v) is 11.5. The van der Waals surface area contributed by atoms with Gasteiger partial charge >= 0.3 is 0 Å². The molecule has 9 nitrogen and oxygen atoms in total. The van der Waals surface area contributed by atoms with E-state index in [1.807, 2.05) is 12.2 Å².